The molecule has 0 saturated heterocycles. The lowest BCUT2D eigenvalue weighted by Gasteiger charge is -2.21. The van der Waals surface area contributed by atoms with E-state index in [1.807, 2.05) is 43.3 Å². The lowest BCUT2D eigenvalue weighted by Crippen LogP contribution is -2.44. The highest BCUT2D eigenvalue weighted by atomic mass is 32.2. The SMILES string of the molecule is Cc1ccc(S(=O)(=O)NCC(NC(=O)[C@H](C)N)c2ccccc2)c(C)c1. The zero-order chi connectivity index (χ0) is 19.3. The van der Waals surface area contributed by atoms with Gasteiger partial charge >= 0.3 is 0 Å². The van der Waals surface area contributed by atoms with Gasteiger partial charge < -0.3 is 11.1 Å². The predicted octanol–water partition coefficient (Wildman–Crippen LogP) is 1.79. The van der Waals surface area contributed by atoms with Crippen molar-refractivity contribution in [3.05, 3.63) is 65.2 Å². The van der Waals surface area contributed by atoms with Crippen molar-refractivity contribution in [3.63, 3.8) is 0 Å². The van der Waals surface area contributed by atoms with Crippen LogP contribution in [0.1, 0.15) is 29.7 Å². The first-order chi connectivity index (χ1) is 12.2. The molecular weight excluding hydrogens is 350 g/mol. The molecule has 4 N–H and O–H groups in total. The molecule has 0 heterocycles. The molecule has 2 aromatic carbocycles. The van der Waals surface area contributed by atoms with Gasteiger partial charge in [0.1, 0.15) is 0 Å². The van der Waals surface area contributed by atoms with Crippen LogP contribution in [0.15, 0.2) is 53.4 Å². The van der Waals surface area contributed by atoms with E-state index in [9.17, 15) is 13.2 Å². The number of carbonyl (C=O) groups excluding carboxylic acids is 1. The Morgan fingerprint density at radius 1 is 1.12 bits per heavy atom. The second-order valence-corrected chi connectivity index (χ2v) is 8.12. The summed E-state index contributed by atoms with van der Waals surface area (Å²) in [5, 5.41) is 2.79. The van der Waals surface area contributed by atoms with E-state index in [2.05, 4.69) is 10.0 Å². The Kier molecular flexibility index (Phi) is 6.52. The van der Waals surface area contributed by atoms with Crippen LogP contribution in [-0.4, -0.2) is 26.9 Å². The summed E-state index contributed by atoms with van der Waals surface area (Å²) in [5.41, 5.74) is 8.08. The van der Waals surface area contributed by atoms with Crippen molar-refractivity contribution in [2.24, 2.45) is 5.73 Å². The average Bonchev–Trinajstić information content (AvgIpc) is 2.58. The van der Waals surface area contributed by atoms with E-state index < -0.39 is 22.1 Å². The van der Waals surface area contributed by atoms with Gasteiger partial charge in [-0.25, -0.2) is 13.1 Å². The fourth-order valence-electron chi connectivity index (χ4n) is 2.61. The van der Waals surface area contributed by atoms with E-state index in [1.54, 1.807) is 26.0 Å². The zero-order valence-corrected chi connectivity index (χ0v) is 16.0. The molecule has 6 nitrogen and oxygen atoms in total. The van der Waals surface area contributed by atoms with Crippen molar-refractivity contribution < 1.29 is 13.2 Å². The first-order valence-corrected chi connectivity index (χ1v) is 9.87. The van der Waals surface area contributed by atoms with Crippen LogP contribution in [-0.2, 0) is 14.8 Å². The molecule has 2 rings (SSSR count). The second kappa shape index (κ2) is 8.44. The Morgan fingerprint density at radius 2 is 1.77 bits per heavy atom. The van der Waals surface area contributed by atoms with Gasteiger partial charge in [0.25, 0.3) is 0 Å². The summed E-state index contributed by atoms with van der Waals surface area (Å²) in [5.74, 6) is -0.343. The molecule has 0 spiro atoms. The molecule has 2 aromatic rings. The van der Waals surface area contributed by atoms with Gasteiger partial charge in [0.05, 0.1) is 17.0 Å². The van der Waals surface area contributed by atoms with Gasteiger partial charge in [-0.1, -0.05) is 48.0 Å². The van der Waals surface area contributed by atoms with Crippen LogP contribution in [0.3, 0.4) is 0 Å². The van der Waals surface area contributed by atoms with Gasteiger partial charge in [0.2, 0.25) is 15.9 Å². The minimum Gasteiger partial charge on any atom is -0.347 e. The highest BCUT2D eigenvalue weighted by Crippen LogP contribution is 2.18. The standard InChI is InChI=1S/C19H25N3O3S/c1-13-9-10-18(14(2)11-13)26(24,25)21-12-17(22-19(23)15(3)20)16-7-5-4-6-8-16/h4-11,15,17,21H,12,20H2,1-3H3,(H,22,23)/t15-,17?/m0/s1. The molecule has 140 valence electrons. The van der Waals surface area contributed by atoms with Crippen LogP contribution in [0.25, 0.3) is 0 Å². The zero-order valence-electron chi connectivity index (χ0n) is 15.2. The number of amides is 1. The third kappa shape index (κ3) is 5.14. The van der Waals surface area contributed by atoms with Crippen molar-refractivity contribution in [2.75, 3.05) is 6.54 Å². The first-order valence-electron chi connectivity index (χ1n) is 8.38. The fraction of sp³-hybridized carbons (Fsp3) is 0.316. The van der Waals surface area contributed by atoms with Crippen LogP contribution in [0, 0.1) is 13.8 Å². The fourth-order valence-corrected chi connectivity index (χ4v) is 3.88. The maximum absolute atomic E-state index is 12.7. The normalized spacial score (nSPS) is 13.8. The number of hydrogen-bond donors (Lipinski definition) is 3. The number of sulfonamides is 1. The van der Waals surface area contributed by atoms with E-state index in [0.29, 0.717) is 5.56 Å². The molecule has 0 aromatic heterocycles. The summed E-state index contributed by atoms with van der Waals surface area (Å²) in [7, 11) is -3.70. The second-order valence-electron chi connectivity index (χ2n) is 6.38. The van der Waals surface area contributed by atoms with Gasteiger partial charge in [0.15, 0.2) is 0 Å². The number of hydrogen-bond acceptors (Lipinski definition) is 4. The summed E-state index contributed by atoms with van der Waals surface area (Å²) < 4.78 is 27.9. The Morgan fingerprint density at radius 3 is 2.35 bits per heavy atom. The van der Waals surface area contributed by atoms with Gasteiger partial charge in [-0.3, -0.25) is 4.79 Å². The number of benzene rings is 2. The highest BCUT2D eigenvalue weighted by Gasteiger charge is 2.22. The lowest BCUT2D eigenvalue weighted by molar-refractivity contribution is -0.122. The van der Waals surface area contributed by atoms with Crippen LogP contribution in [0.5, 0.6) is 0 Å². The van der Waals surface area contributed by atoms with Crippen LogP contribution >= 0.6 is 0 Å². The molecule has 0 aliphatic rings. The van der Waals surface area contributed by atoms with Crippen molar-refractivity contribution >= 4 is 15.9 Å². The predicted molar refractivity (Wildman–Crippen MR) is 102 cm³/mol. The van der Waals surface area contributed by atoms with Gasteiger partial charge in [-0.2, -0.15) is 0 Å². The van der Waals surface area contributed by atoms with Crippen molar-refractivity contribution in [1.29, 1.82) is 0 Å². The van der Waals surface area contributed by atoms with Crippen molar-refractivity contribution in [1.82, 2.24) is 10.0 Å². The number of aryl methyl sites for hydroxylation is 2. The molecule has 0 radical (unpaired) electrons. The summed E-state index contributed by atoms with van der Waals surface area (Å²) in [6.45, 7) is 5.27. The van der Waals surface area contributed by atoms with E-state index in [1.165, 1.54) is 0 Å². The quantitative estimate of drug-likeness (QED) is 0.687. The van der Waals surface area contributed by atoms with Gasteiger partial charge in [-0.15, -0.1) is 0 Å². The minimum atomic E-state index is -3.70. The van der Waals surface area contributed by atoms with Gasteiger partial charge in [0, 0.05) is 6.54 Å². The topological polar surface area (TPSA) is 101 Å². The molecular formula is C19H25N3O3S. The molecule has 0 aliphatic heterocycles. The smallest absolute Gasteiger partial charge is 0.240 e. The molecule has 1 unspecified atom stereocenters. The summed E-state index contributed by atoms with van der Waals surface area (Å²) >= 11 is 0. The number of nitrogens with one attached hydrogen (secondary N) is 2. The number of nitrogens with two attached hydrogens (primary N) is 1. The van der Waals surface area contributed by atoms with E-state index >= 15 is 0 Å². The maximum Gasteiger partial charge on any atom is 0.240 e. The molecule has 0 aliphatic carbocycles. The van der Waals surface area contributed by atoms with E-state index in [-0.39, 0.29) is 17.3 Å². The van der Waals surface area contributed by atoms with Crippen molar-refractivity contribution in [2.45, 2.75) is 37.8 Å². The Bertz CT molecular complexity index is 865. The highest BCUT2D eigenvalue weighted by molar-refractivity contribution is 7.89. The maximum atomic E-state index is 12.7. The third-order valence-corrected chi connectivity index (χ3v) is 5.61. The van der Waals surface area contributed by atoms with Crippen molar-refractivity contribution in [3.8, 4) is 0 Å². The number of rotatable bonds is 7. The molecule has 0 saturated carbocycles. The molecule has 1 amide bonds. The van der Waals surface area contributed by atoms with Crippen LogP contribution in [0.2, 0.25) is 0 Å². The molecule has 2 atom stereocenters. The molecule has 7 heteroatoms. The monoisotopic (exact) mass is 375 g/mol. The largest absolute Gasteiger partial charge is 0.347 e. The Labute approximate surface area is 154 Å². The molecule has 26 heavy (non-hydrogen) atoms. The van der Waals surface area contributed by atoms with E-state index in [4.69, 9.17) is 5.73 Å². The van der Waals surface area contributed by atoms with Gasteiger partial charge in [-0.05, 0) is 38.0 Å². The average molecular weight is 375 g/mol. The molecule has 0 fully saturated rings. The minimum absolute atomic E-state index is 0.0259. The third-order valence-electron chi connectivity index (χ3n) is 4.03. The lowest BCUT2D eigenvalue weighted by atomic mass is 10.1. The summed E-state index contributed by atoms with van der Waals surface area (Å²) in [6.07, 6.45) is 0. The summed E-state index contributed by atoms with van der Waals surface area (Å²) in [4.78, 5) is 12.2. The Hall–Kier alpha value is -2.22. The van der Waals surface area contributed by atoms with Crippen LogP contribution in [0.4, 0.5) is 0 Å². The Balaban J connectivity index is 2.21. The number of carbonyl (C=O) groups is 1. The van der Waals surface area contributed by atoms with Crippen LogP contribution < -0.4 is 15.8 Å². The molecule has 0 bridgehead atoms. The van der Waals surface area contributed by atoms with E-state index in [0.717, 1.165) is 11.1 Å². The first kappa shape index (κ1) is 20.1. The summed E-state index contributed by atoms with van der Waals surface area (Å²) in [6, 6.07) is 13.1.